The number of aromatic nitrogens is 2. The number of hydrogen-bond acceptors (Lipinski definition) is 5. The van der Waals surface area contributed by atoms with Crippen LogP contribution in [0, 0.1) is 0 Å². The number of rotatable bonds is 4. The molecule has 2 N–H and O–H groups in total. The van der Waals surface area contributed by atoms with Gasteiger partial charge in [-0.15, -0.1) is 10.2 Å². The first-order valence-corrected chi connectivity index (χ1v) is 5.65. The van der Waals surface area contributed by atoms with Crippen molar-refractivity contribution in [2.75, 3.05) is 12.4 Å². The first-order chi connectivity index (χ1) is 9.10. The van der Waals surface area contributed by atoms with E-state index in [9.17, 15) is 4.79 Å². The van der Waals surface area contributed by atoms with Crippen molar-refractivity contribution in [1.82, 2.24) is 10.2 Å². The van der Waals surface area contributed by atoms with E-state index < -0.39 is 5.97 Å². The van der Waals surface area contributed by atoms with Crippen molar-refractivity contribution >= 4 is 29.1 Å². The number of benzene rings is 1. The third kappa shape index (κ3) is 3.11. The normalized spacial score (nSPS) is 10.0. The summed E-state index contributed by atoms with van der Waals surface area (Å²) in [7, 11) is 1.55. The minimum absolute atomic E-state index is 0.0218. The molecule has 0 amide bonds. The number of nitrogens with zero attached hydrogens (tertiary/aromatic N) is 2. The summed E-state index contributed by atoms with van der Waals surface area (Å²) in [5, 5.41) is 19.3. The highest BCUT2D eigenvalue weighted by molar-refractivity contribution is 6.29. The summed E-state index contributed by atoms with van der Waals surface area (Å²) >= 11 is 5.63. The van der Waals surface area contributed by atoms with Gasteiger partial charge in [-0.1, -0.05) is 17.7 Å². The minimum atomic E-state index is -1.14. The van der Waals surface area contributed by atoms with Gasteiger partial charge >= 0.3 is 5.97 Å². The van der Waals surface area contributed by atoms with E-state index in [0.29, 0.717) is 11.4 Å². The smallest absolute Gasteiger partial charge is 0.339 e. The molecule has 0 unspecified atom stereocenters. The lowest BCUT2D eigenvalue weighted by atomic mass is 10.2. The molecule has 0 fully saturated rings. The fourth-order valence-corrected chi connectivity index (χ4v) is 1.61. The molecule has 98 valence electrons. The Labute approximate surface area is 114 Å². The van der Waals surface area contributed by atoms with E-state index in [1.807, 2.05) is 0 Å². The van der Waals surface area contributed by atoms with Crippen LogP contribution < -0.4 is 10.1 Å². The number of carboxylic acid groups (broad SMARTS) is 1. The zero-order valence-electron chi connectivity index (χ0n) is 9.92. The molecule has 0 aliphatic heterocycles. The van der Waals surface area contributed by atoms with Crippen LogP contribution >= 0.6 is 11.6 Å². The average molecular weight is 280 g/mol. The Hall–Kier alpha value is -2.34. The Bertz CT molecular complexity index is 619. The number of halogens is 1. The number of anilines is 2. The molecule has 0 bridgehead atoms. The van der Waals surface area contributed by atoms with Crippen molar-refractivity contribution in [2.24, 2.45) is 0 Å². The molecule has 0 atom stereocenters. The maximum Gasteiger partial charge on any atom is 0.339 e. The summed E-state index contributed by atoms with van der Waals surface area (Å²) in [6.45, 7) is 0. The second-order valence-electron chi connectivity index (χ2n) is 3.59. The molecule has 0 aliphatic rings. The van der Waals surface area contributed by atoms with E-state index in [-0.39, 0.29) is 16.5 Å². The van der Waals surface area contributed by atoms with E-state index in [0.717, 1.165) is 0 Å². The summed E-state index contributed by atoms with van der Waals surface area (Å²) < 4.78 is 5.08. The SMILES string of the molecule is COc1cccc(Nc2nnc(Cl)cc2C(=O)O)c1. The van der Waals surface area contributed by atoms with Crippen LogP contribution in [0.1, 0.15) is 10.4 Å². The Kier molecular flexibility index (Phi) is 3.82. The largest absolute Gasteiger partial charge is 0.497 e. The van der Waals surface area contributed by atoms with Crippen LogP contribution in [0.5, 0.6) is 5.75 Å². The van der Waals surface area contributed by atoms with Crippen LogP contribution in [-0.2, 0) is 0 Å². The second kappa shape index (κ2) is 5.53. The zero-order valence-corrected chi connectivity index (χ0v) is 10.7. The Morgan fingerprint density at radius 3 is 2.84 bits per heavy atom. The molecule has 1 aromatic heterocycles. The summed E-state index contributed by atoms with van der Waals surface area (Å²) in [4.78, 5) is 11.1. The minimum Gasteiger partial charge on any atom is -0.497 e. The molecule has 7 heteroatoms. The molecule has 0 saturated carbocycles. The molecule has 6 nitrogen and oxygen atoms in total. The topological polar surface area (TPSA) is 84.3 Å². The summed E-state index contributed by atoms with van der Waals surface area (Å²) in [6.07, 6.45) is 0. The Morgan fingerprint density at radius 1 is 1.37 bits per heavy atom. The van der Waals surface area contributed by atoms with E-state index in [1.54, 1.807) is 31.4 Å². The number of methoxy groups -OCH3 is 1. The fourth-order valence-electron chi connectivity index (χ4n) is 1.46. The van der Waals surface area contributed by atoms with Crippen molar-refractivity contribution < 1.29 is 14.6 Å². The standard InChI is InChI=1S/C12H10ClN3O3/c1-19-8-4-2-3-7(5-8)14-11-9(12(17)18)6-10(13)15-16-11/h2-6H,1H3,(H,14,16)(H,17,18). The lowest BCUT2D eigenvalue weighted by Gasteiger charge is -2.09. The first kappa shape index (κ1) is 13.1. The monoisotopic (exact) mass is 279 g/mol. The second-order valence-corrected chi connectivity index (χ2v) is 3.98. The van der Waals surface area contributed by atoms with E-state index in [1.165, 1.54) is 6.07 Å². The Morgan fingerprint density at radius 2 is 2.16 bits per heavy atom. The number of carbonyl (C=O) groups is 1. The van der Waals surface area contributed by atoms with Crippen molar-refractivity contribution in [3.63, 3.8) is 0 Å². The van der Waals surface area contributed by atoms with Gasteiger partial charge in [-0.05, 0) is 18.2 Å². The summed E-state index contributed by atoms with van der Waals surface area (Å²) in [5.41, 5.74) is 0.585. The predicted molar refractivity (Wildman–Crippen MR) is 70.3 cm³/mol. The highest BCUT2D eigenvalue weighted by atomic mass is 35.5. The number of nitrogens with one attached hydrogen (secondary N) is 1. The van der Waals surface area contributed by atoms with Crippen LogP contribution in [-0.4, -0.2) is 28.4 Å². The van der Waals surface area contributed by atoms with Crippen molar-refractivity contribution in [1.29, 1.82) is 0 Å². The number of aromatic carboxylic acids is 1. The maximum atomic E-state index is 11.1. The van der Waals surface area contributed by atoms with E-state index in [2.05, 4.69) is 15.5 Å². The number of carboxylic acids is 1. The van der Waals surface area contributed by atoms with Gasteiger partial charge < -0.3 is 15.2 Å². The molecule has 0 spiro atoms. The quantitative estimate of drug-likeness (QED) is 0.895. The summed E-state index contributed by atoms with van der Waals surface area (Å²) in [5.74, 6) is -0.379. The molecule has 19 heavy (non-hydrogen) atoms. The van der Waals surface area contributed by atoms with Gasteiger partial charge in [0.15, 0.2) is 11.0 Å². The van der Waals surface area contributed by atoms with Crippen LogP contribution in [0.2, 0.25) is 5.15 Å². The third-order valence-electron chi connectivity index (χ3n) is 2.33. The van der Waals surface area contributed by atoms with Crippen LogP contribution in [0.15, 0.2) is 30.3 Å². The Balaban J connectivity index is 2.34. The maximum absolute atomic E-state index is 11.1. The summed E-state index contributed by atoms with van der Waals surface area (Å²) in [6, 6.07) is 8.24. The van der Waals surface area contributed by atoms with Gasteiger partial charge in [-0.2, -0.15) is 0 Å². The lowest BCUT2D eigenvalue weighted by molar-refractivity contribution is 0.0697. The number of hydrogen-bond donors (Lipinski definition) is 2. The van der Waals surface area contributed by atoms with E-state index in [4.69, 9.17) is 21.4 Å². The van der Waals surface area contributed by atoms with Gasteiger partial charge in [0.1, 0.15) is 11.3 Å². The van der Waals surface area contributed by atoms with Crippen LogP contribution in [0.4, 0.5) is 11.5 Å². The van der Waals surface area contributed by atoms with Crippen LogP contribution in [0.3, 0.4) is 0 Å². The van der Waals surface area contributed by atoms with Gasteiger partial charge in [0.2, 0.25) is 0 Å². The molecule has 2 rings (SSSR count). The molecule has 2 aromatic rings. The van der Waals surface area contributed by atoms with Gasteiger partial charge in [0, 0.05) is 11.8 Å². The van der Waals surface area contributed by atoms with Gasteiger partial charge in [0.05, 0.1) is 7.11 Å². The number of ether oxygens (including phenoxy) is 1. The first-order valence-electron chi connectivity index (χ1n) is 5.28. The van der Waals surface area contributed by atoms with Gasteiger partial charge in [0.25, 0.3) is 0 Å². The molecule has 1 heterocycles. The molecule has 0 aliphatic carbocycles. The van der Waals surface area contributed by atoms with E-state index >= 15 is 0 Å². The predicted octanol–water partition coefficient (Wildman–Crippen LogP) is 2.58. The average Bonchev–Trinajstić information content (AvgIpc) is 2.41. The molecular formula is C12H10ClN3O3. The van der Waals surface area contributed by atoms with Crippen molar-refractivity contribution in [2.45, 2.75) is 0 Å². The third-order valence-corrected chi connectivity index (χ3v) is 2.51. The molecular weight excluding hydrogens is 270 g/mol. The van der Waals surface area contributed by atoms with Crippen molar-refractivity contribution in [3.05, 3.63) is 41.0 Å². The molecule has 0 radical (unpaired) electrons. The van der Waals surface area contributed by atoms with Gasteiger partial charge in [-0.3, -0.25) is 0 Å². The van der Waals surface area contributed by atoms with Crippen LogP contribution in [0.25, 0.3) is 0 Å². The highest BCUT2D eigenvalue weighted by Crippen LogP contribution is 2.23. The fraction of sp³-hybridized carbons (Fsp3) is 0.0833. The zero-order chi connectivity index (χ0) is 13.8. The highest BCUT2D eigenvalue weighted by Gasteiger charge is 2.13. The van der Waals surface area contributed by atoms with Gasteiger partial charge in [-0.25, -0.2) is 4.79 Å². The molecule has 0 saturated heterocycles. The van der Waals surface area contributed by atoms with Crippen molar-refractivity contribution in [3.8, 4) is 5.75 Å². The molecule has 1 aromatic carbocycles. The lowest BCUT2D eigenvalue weighted by Crippen LogP contribution is -2.06.